The van der Waals surface area contributed by atoms with Crippen molar-refractivity contribution in [3.05, 3.63) is 29.8 Å². The van der Waals surface area contributed by atoms with Gasteiger partial charge in [-0.05, 0) is 26.0 Å². The highest BCUT2D eigenvalue weighted by molar-refractivity contribution is 5.94. The van der Waals surface area contributed by atoms with E-state index >= 15 is 0 Å². The first-order valence-electron chi connectivity index (χ1n) is 5.80. The molecule has 1 aromatic carbocycles. The third-order valence-corrected chi connectivity index (χ3v) is 2.89. The third-order valence-electron chi connectivity index (χ3n) is 2.89. The molecule has 1 N–H and O–H groups in total. The summed E-state index contributed by atoms with van der Waals surface area (Å²) in [6.45, 7) is 5.47. The second-order valence-corrected chi connectivity index (χ2v) is 4.48. The van der Waals surface area contributed by atoms with Crippen molar-refractivity contribution in [3.8, 4) is 0 Å². The largest absolute Gasteiger partial charge is 0.478 e. The van der Waals surface area contributed by atoms with Crippen molar-refractivity contribution in [2.24, 2.45) is 0 Å². The monoisotopic (exact) mass is 235 g/mol. The average molecular weight is 235 g/mol. The van der Waals surface area contributed by atoms with Gasteiger partial charge in [0.05, 0.1) is 23.5 Å². The zero-order valence-corrected chi connectivity index (χ0v) is 10.1. The van der Waals surface area contributed by atoms with Crippen molar-refractivity contribution in [2.75, 3.05) is 18.0 Å². The number of benzene rings is 1. The van der Waals surface area contributed by atoms with E-state index in [0.29, 0.717) is 5.56 Å². The van der Waals surface area contributed by atoms with Crippen LogP contribution in [0.2, 0.25) is 0 Å². The van der Waals surface area contributed by atoms with Gasteiger partial charge >= 0.3 is 5.97 Å². The van der Waals surface area contributed by atoms with Gasteiger partial charge in [-0.15, -0.1) is 0 Å². The molecule has 0 aromatic heterocycles. The molecule has 0 amide bonds. The standard InChI is InChI=1S/C13H17NO3/c1-9-7-14(8-10(2)17-9)12-6-4-3-5-11(12)13(15)16/h3-6,9-10H,7-8H2,1-2H3,(H,15,16)/t9-,10+. The molecular weight excluding hydrogens is 218 g/mol. The molecule has 1 aliphatic heterocycles. The Bertz CT molecular complexity index is 409. The predicted octanol–water partition coefficient (Wildman–Crippen LogP) is 2.00. The Labute approximate surface area is 101 Å². The molecule has 0 unspecified atom stereocenters. The molecule has 0 radical (unpaired) electrons. The number of anilines is 1. The van der Waals surface area contributed by atoms with Gasteiger partial charge in [-0.25, -0.2) is 4.79 Å². The second kappa shape index (κ2) is 4.75. The lowest BCUT2D eigenvalue weighted by atomic mass is 10.1. The molecule has 1 heterocycles. The van der Waals surface area contributed by atoms with Crippen LogP contribution >= 0.6 is 0 Å². The SMILES string of the molecule is C[C@@H]1CN(c2ccccc2C(=O)O)C[C@H](C)O1. The summed E-state index contributed by atoms with van der Waals surface area (Å²) in [7, 11) is 0. The van der Waals surface area contributed by atoms with Gasteiger partial charge < -0.3 is 14.7 Å². The lowest BCUT2D eigenvalue weighted by Crippen LogP contribution is -2.46. The summed E-state index contributed by atoms with van der Waals surface area (Å²) < 4.78 is 5.65. The summed E-state index contributed by atoms with van der Waals surface area (Å²) in [6.07, 6.45) is 0.251. The second-order valence-electron chi connectivity index (χ2n) is 4.48. The molecule has 1 aliphatic rings. The molecule has 17 heavy (non-hydrogen) atoms. The van der Waals surface area contributed by atoms with E-state index in [4.69, 9.17) is 4.74 Å². The maximum absolute atomic E-state index is 11.2. The van der Waals surface area contributed by atoms with Crippen molar-refractivity contribution in [1.29, 1.82) is 0 Å². The molecule has 0 bridgehead atoms. The Balaban J connectivity index is 2.30. The fourth-order valence-electron chi connectivity index (χ4n) is 2.30. The van der Waals surface area contributed by atoms with Crippen LogP contribution < -0.4 is 4.90 Å². The van der Waals surface area contributed by atoms with Crippen molar-refractivity contribution >= 4 is 11.7 Å². The molecular formula is C13H17NO3. The van der Waals surface area contributed by atoms with Crippen molar-refractivity contribution in [2.45, 2.75) is 26.1 Å². The maximum Gasteiger partial charge on any atom is 0.337 e. The number of morpholine rings is 1. The van der Waals surface area contributed by atoms with Crippen LogP contribution in [0.4, 0.5) is 5.69 Å². The minimum Gasteiger partial charge on any atom is -0.478 e. The van der Waals surface area contributed by atoms with Crippen molar-refractivity contribution in [1.82, 2.24) is 0 Å². The Morgan fingerprint density at radius 3 is 2.47 bits per heavy atom. The first-order valence-corrected chi connectivity index (χ1v) is 5.80. The number of carbonyl (C=O) groups is 1. The van der Waals surface area contributed by atoms with Crippen LogP contribution in [0.5, 0.6) is 0 Å². The number of carboxylic acids is 1. The van der Waals surface area contributed by atoms with Gasteiger partial charge in [0.2, 0.25) is 0 Å². The topological polar surface area (TPSA) is 49.8 Å². The van der Waals surface area contributed by atoms with Gasteiger partial charge in [-0.3, -0.25) is 0 Å². The van der Waals surface area contributed by atoms with Crippen LogP contribution in [0.25, 0.3) is 0 Å². The van der Waals surface area contributed by atoms with Crippen LogP contribution in [-0.4, -0.2) is 36.4 Å². The number of nitrogens with zero attached hydrogens (tertiary/aromatic N) is 1. The lowest BCUT2D eigenvalue weighted by molar-refractivity contribution is -0.00531. The fourth-order valence-corrected chi connectivity index (χ4v) is 2.30. The Morgan fingerprint density at radius 2 is 1.88 bits per heavy atom. The number of aromatic carboxylic acids is 1. The molecule has 2 atom stereocenters. The Morgan fingerprint density at radius 1 is 1.29 bits per heavy atom. The van der Waals surface area contributed by atoms with E-state index in [0.717, 1.165) is 18.8 Å². The molecule has 92 valence electrons. The minimum atomic E-state index is -0.882. The van der Waals surface area contributed by atoms with Gasteiger partial charge in [0.15, 0.2) is 0 Å². The summed E-state index contributed by atoms with van der Waals surface area (Å²) in [5.41, 5.74) is 1.14. The highest BCUT2D eigenvalue weighted by Crippen LogP contribution is 2.24. The zero-order chi connectivity index (χ0) is 12.4. The number of ether oxygens (including phenoxy) is 1. The van der Waals surface area contributed by atoms with E-state index < -0.39 is 5.97 Å². The number of rotatable bonds is 2. The fraction of sp³-hybridized carbons (Fsp3) is 0.462. The first kappa shape index (κ1) is 11.9. The molecule has 2 rings (SSSR count). The molecule has 0 saturated carbocycles. The van der Waals surface area contributed by atoms with E-state index in [1.165, 1.54) is 0 Å². The van der Waals surface area contributed by atoms with E-state index in [-0.39, 0.29) is 12.2 Å². The summed E-state index contributed by atoms with van der Waals surface area (Å²) in [6, 6.07) is 7.11. The van der Waals surface area contributed by atoms with E-state index in [9.17, 15) is 9.90 Å². The van der Waals surface area contributed by atoms with Gasteiger partial charge in [0.25, 0.3) is 0 Å². The van der Waals surface area contributed by atoms with E-state index in [1.807, 2.05) is 26.0 Å². The number of hydrogen-bond donors (Lipinski definition) is 1. The first-order chi connectivity index (χ1) is 8.08. The summed E-state index contributed by atoms with van der Waals surface area (Å²) in [4.78, 5) is 13.3. The number of hydrogen-bond acceptors (Lipinski definition) is 3. The van der Waals surface area contributed by atoms with E-state index in [2.05, 4.69) is 4.90 Å². The quantitative estimate of drug-likeness (QED) is 0.851. The maximum atomic E-state index is 11.2. The zero-order valence-electron chi connectivity index (χ0n) is 10.1. The van der Waals surface area contributed by atoms with Crippen LogP contribution in [0.3, 0.4) is 0 Å². The number of para-hydroxylation sites is 1. The van der Waals surface area contributed by atoms with Gasteiger partial charge in [-0.1, -0.05) is 12.1 Å². The van der Waals surface area contributed by atoms with Crippen molar-refractivity contribution < 1.29 is 14.6 Å². The van der Waals surface area contributed by atoms with Crippen LogP contribution in [0, 0.1) is 0 Å². The lowest BCUT2D eigenvalue weighted by Gasteiger charge is -2.37. The number of carboxylic acid groups (broad SMARTS) is 1. The Kier molecular flexibility index (Phi) is 3.33. The summed E-state index contributed by atoms with van der Waals surface area (Å²) in [5, 5.41) is 9.17. The van der Waals surface area contributed by atoms with Crippen LogP contribution in [0.15, 0.2) is 24.3 Å². The molecule has 4 nitrogen and oxygen atoms in total. The highest BCUT2D eigenvalue weighted by atomic mass is 16.5. The average Bonchev–Trinajstić information content (AvgIpc) is 2.27. The van der Waals surface area contributed by atoms with Crippen molar-refractivity contribution in [3.63, 3.8) is 0 Å². The molecule has 1 aromatic rings. The minimum absolute atomic E-state index is 0.126. The highest BCUT2D eigenvalue weighted by Gasteiger charge is 2.24. The molecule has 0 aliphatic carbocycles. The van der Waals surface area contributed by atoms with Gasteiger partial charge in [0.1, 0.15) is 0 Å². The third kappa shape index (κ3) is 2.58. The van der Waals surface area contributed by atoms with Crippen LogP contribution in [-0.2, 0) is 4.74 Å². The smallest absolute Gasteiger partial charge is 0.337 e. The van der Waals surface area contributed by atoms with Gasteiger partial charge in [0, 0.05) is 13.1 Å². The molecule has 1 fully saturated rings. The summed E-state index contributed by atoms with van der Waals surface area (Å²) >= 11 is 0. The molecule has 0 spiro atoms. The van der Waals surface area contributed by atoms with E-state index in [1.54, 1.807) is 12.1 Å². The summed E-state index contributed by atoms with van der Waals surface area (Å²) in [5.74, 6) is -0.882. The molecule has 1 saturated heterocycles. The predicted molar refractivity (Wildman–Crippen MR) is 65.6 cm³/mol. The van der Waals surface area contributed by atoms with Gasteiger partial charge in [-0.2, -0.15) is 0 Å². The normalized spacial score (nSPS) is 24.7. The van der Waals surface area contributed by atoms with Crippen LogP contribution in [0.1, 0.15) is 24.2 Å². The molecule has 4 heteroatoms. The Hall–Kier alpha value is -1.55.